The predicted octanol–water partition coefficient (Wildman–Crippen LogP) is 5.53. The van der Waals surface area contributed by atoms with Crippen molar-refractivity contribution in [1.82, 2.24) is 0 Å². The Bertz CT molecular complexity index is 990. The van der Waals surface area contributed by atoms with Gasteiger partial charge in [-0.05, 0) is 64.4 Å². The van der Waals surface area contributed by atoms with E-state index in [1.54, 1.807) is 0 Å². The zero-order chi connectivity index (χ0) is 17.1. The highest BCUT2D eigenvalue weighted by molar-refractivity contribution is 5.87. The SMILES string of the molecule is Nc1ccc(NNc2ccc(-c3ccc4ccccc4c3)cc2)cc1. The van der Waals surface area contributed by atoms with E-state index < -0.39 is 0 Å². The molecule has 0 atom stereocenters. The molecule has 0 saturated carbocycles. The molecule has 0 aromatic heterocycles. The fourth-order valence-electron chi connectivity index (χ4n) is 2.83. The number of hydrogen-bond donors (Lipinski definition) is 3. The van der Waals surface area contributed by atoms with Gasteiger partial charge in [-0.2, -0.15) is 0 Å². The van der Waals surface area contributed by atoms with Crippen LogP contribution in [0, 0.1) is 0 Å². The van der Waals surface area contributed by atoms with E-state index in [4.69, 9.17) is 5.73 Å². The molecule has 4 rings (SSSR count). The van der Waals surface area contributed by atoms with E-state index in [9.17, 15) is 0 Å². The van der Waals surface area contributed by atoms with Gasteiger partial charge in [0.15, 0.2) is 0 Å². The first-order chi connectivity index (χ1) is 12.3. The minimum atomic E-state index is 0.755. The summed E-state index contributed by atoms with van der Waals surface area (Å²) in [6, 6.07) is 31.0. The highest BCUT2D eigenvalue weighted by Gasteiger charge is 2.00. The fraction of sp³-hybridized carbons (Fsp3) is 0. The third kappa shape index (κ3) is 3.40. The van der Waals surface area contributed by atoms with E-state index in [0.717, 1.165) is 17.1 Å². The average molecular weight is 325 g/mol. The Morgan fingerprint density at radius 3 is 1.76 bits per heavy atom. The number of rotatable bonds is 4. The van der Waals surface area contributed by atoms with Crippen molar-refractivity contribution >= 4 is 27.8 Å². The highest BCUT2D eigenvalue weighted by atomic mass is 15.4. The molecule has 0 saturated heterocycles. The maximum atomic E-state index is 5.69. The fourth-order valence-corrected chi connectivity index (χ4v) is 2.83. The van der Waals surface area contributed by atoms with Gasteiger partial charge < -0.3 is 16.6 Å². The summed E-state index contributed by atoms with van der Waals surface area (Å²) >= 11 is 0. The van der Waals surface area contributed by atoms with Crippen LogP contribution in [0.5, 0.6) is 0 Å². The number of benzene rings is 4. The minimum Gasteiger partial charge on any atom is -0.399 e. The van der Waals surface area contributed by atoms with Gasteiger partial charge in [-0.1, -0.05) is 48.5 Å². The van der Waals surface area contributed by atoms with Crippen molar-refractivity contribution in [1.29, 1.82) is 0 Å². The third-order valence-corrected chi connectivity index (χ3v) is 4.23. The molecule has 3 heteroatoms. The lowest BCUT2D eigenvalue weighted by molar-refractivity contribution is 1.41. The number of nitrogens with one attached hydrogen (secondary N) is 2. The highest BCUT2D eigenvalue weighted by Crippen LogP contribution is 2.25. The zero-order valence-electron chi connectivity index (χ0n) is 13.7. The van der Waals surface area contributed by atoms with E-state index >= 15 is 0 Å². The Kier molecular flexibility index (Phi) is 3.97. The largest absolute Gasteiger partial charge is 0.399 e. The first-order valence-corrected chi connectivity index (χ1v) is 8.25. The van der Waals surface area contributed by atoms with Crippen LogP contribution in [-0.4, -0.2) is 0 Å². The Hall–Kier alpha value is -3.46. The molecule has 0 fully saturated rings. The topological polar surface area (TPSA) is 50.1 Å². The predicted molar refractivity (Wildman–Crippen MR) is 107 cm³/mol. The van der Waals surface area contributed by atoms with Crippen molar-refractivity contribution in [3.63, 3.8) is 0 Å². The minimum absolute atomic E-state index is 0.755. The molecule has 0 heterocycles. The number of fused-ring (bicyclic) bond motifs is 1. The Morgan fingerprint density at radius 1 is 0.520 bits per heavy atom. The molecule has 0 aliphatic heterocycles. The molecule has 0 aliphatic carbocycles. The number of nitrogens with two attached hydrogens (primary N) is 1. The lowest BCUT2D eigenvalue weighted by atomic mass is 10.0. The second-order valence-corrected chi connectivity index (χ2v) is 6.01. The molecule has 4 aromatic carbocycles. The maximum Gasteiger partial charge on any atom is 0.0541 e. The Morgan fingerprint density at radius 2 is 1.08 bits per heavy atom. The number of nitrogen functional groups attached to an aromatic ring is 1. The summed E-state index contributed by atoms with van der Waals surface area (Å²) in [5.74, 6) is 0. The lowest BCUT2D eigenvalue weighted by Crippen LogP contribution is -2.08. The average Bonchev–Trinajstić information content (AvgIpc) is 2.68. The van der Waals surface area contributed by atoms with Crippen molar-refractivity contribution in [3.8, 4) is 11.1 Å². The van der Waals surface area contributed by atoms with Gasteiger partial charge in [-0.3, -0.25) is 0 Å². The third-order valence-electron chi connectivity index (χ3n) is 4.23. The van der Waals surface area contributed by atoms with Crippen molar-refractivity contribution in [3.05, 3.63) is 91.0 Å². The van der Waals surface area contributed by atoms with Gasteiger partial charge in [-0.15, -0.1) is 0 Å². The number of anilines is 3. The summed E-state index contributed by atoms with van der Waals surface area (Å²) in [5, 5.41) is 2.52. The molecule has 0 bridgehead atoms. The molecule has 0 radical (unpaired) electrons. The molecular formula is C22H19N3. The van der Waals surface area contributed by atoms with Crippen LogP contribution in [0.25, 0.3) is 21.9 Å². The van der Waals surface area contributed by atoms with E-state index in [1.807, 2.05) is 24.3 Å². The molecule has 4 N–H and O–H groups in total. The van der Waals surface area contributed by atoms with Gasteiger partial charge in [0.2, 0.25) is 0 Å². The van der Waals surface area contributed by atoms with Crippen LogP contribution < -0.4 is 16.6 Å². The summed E-state index contributed by atoms with van der Waals surface area (Å²) < 4.78 is 0. The van der Waals surface area contributed by atoms with Crippen LogP contribution in [0.3, 0.4) is 0 Å². The quantitative estimate of drug-likeness (QED) is 0.342. The van der Waals surface area contributed by atoms with Crippen LogP contribution >= 0.6 is 0 Å². The smallest absolute Gasteiger partial charge is 0.0541 e. The monoisotopic (exact) mass is 325 g/mol. The Balaban J connectivity index is 1.49. The van der Waals surface area contributed by atoms with Gasteiger partial charge >= 0.3 is 0 Å². The Labute approximate surface area is 147 Å². The standard InChI is InChI=1S/C22H19N3/c23-20-9-13-22(14-10-20)25-24-21-11-7-17(8-12-21)19-6-5-16-3-1-2-4-18(16)15-19/h1-15,24-25H,23H2. The van der Waals surface area contributed by atoms with Crippen LogP contribution in [0.15, 0.2) is 91.0 Å². The summed E-state index contributed by atoms with van der Waals surface area (Å²) in [7, 11) is 0. The lowest BCUT2D eigenvalue weighted by Gasteiger charge is -2.11. The molecule has 0 unspecified atom stereocenters. The summed E-state index contributed by atoms with van der Waals surface area (Å²) in [6.07, 6.45) is 0. The molecule has 3 nitrogen and oxygen atoms in total. The van der Waals surface area contributed by atoms with E-state index in [1.165, 1.54) is 21.9 Å². The van der Waals surface area contributed by atoms with E-state index in [2.05, 4.69) is 77.6 Å². The normalized spacial score (nSPS) is 10.6. The second-order valence-electron chi connectivity index (χ2n) is 6.01. The van der Waals surface area contributed by atoms with Crippen LogP contribution in [0.1, 0.15) is 0 Å². The van der Waals surface area contributed by atoms with Gasteiger partial charge in [0.05, 0.1) is 11.4 Å². The first kappa shape index (κ1) is 15.1. The van der Waals surface area contributed by atoms with Crippen molar-refractivity contribution < 1.29 is 0 Å². The molecule has 0 spiro atoms. The molecule has 4 aromatic rings. The second kappa shape index (κ2) is 6.57. The van der Waals surface area contributed by atoms with Crippen LogP contribution in [0.4, 0.5) is 17.1 Å². The maximum absolute atomic E-state index is 5.69. The van der Waals surface area contributed by atoms with Crippen molar-refractivity contribution in [2.75, 3.05) is 16.6 Å². The molecule has 0 amide bonds. The molecular weight excluding hydrogens is 306 g/mol. The summed E-state index contributed by atoms with van der Waals surface area (Å²) in [6.45, 7) is 0. The van der Waals surface area contributed by atoms with Gasteiger partial charge in [0, 0.05) is 5.69 Å². The number of hydrogen-bond acceptors (Lipinski definition) is 3. The van der Waals surface area contributed by atoms with Crippen molar-refractivity contribution in [2.24, 2.45) is 0 Å². The van der Waals surface area contributed by atoms with Crippen LogP contribution in [-0.2, 0) is 0 Å². The van der Waals surface area contributed by atoms with Crippen LogP contribution in [0.2, 0.25) is 0 Å². The number of hydrazine groups is 1. The van der Waals surface area contributed by atoms with Gasteiger partial charge in [0.1, 0.15) is 0 Å². The summed E-state index contributed by atoms with van der Waals surface area (Å²) in [5.41, 5.74) is 17.2. The van der Waals surface area contributed by atoms with Crippen molar-refractivity contribution in [2.45, 2.75) is 0 Å². The van der Waals surface area contributed by atoms with E-state index in [-0.39, 0.29) is 0 Å². The van der Waals surface area contributed by atoms with Gasteiger partial charge in [-0.25, -0.2) is 0 Å². The van der Waals surface area contributed by atoms with Gasteiger partial charge in [0.25, 0.3) is 0 Å². The first-order valence-electron chi connectivity index (χ1n) is 8.25. The molecule has 25 heavy (non-hydrogen) atoms. The molecule has 122 valence electrons. The zero-order valence-corrected chi connectivity index (χ0v) is 13.7. The van der Waals surface area contributed by atoms with E-state index in [0.29, 0.717) is 0 Å². The summed E-state index contributed by atoms with van der Waals surface area (Å²) in [4.78, 5) is 0. The molecule has 0 aliphatic rings.